The van der Waals surface area contributed by atoms with Crippen LogP contribution in [0.1, 0.15) is 0 Å². The lowest BCUT2D eigenvalue weighted by Gasteiger charge is -2.10. The summed E-state index contributed by atoms with van der Waals surface area (Å²) in [6.07, 6.45) is -3.47. The molecule has 1 aromatic heterocycles. The lowest BCUT2D eigenvalue weighted by molar-refractivity contribution is -0.124. The Morgan fingerprint density at radius 1 is 1.29 bits per heavy atom. The second-order valence-corrected chi connectivity index (χ2v) is 5.60. The molecule has 128 valence electrons. The number of carbonyl (C=O) groups excluding carboxylic acids is 2. The van der Waals surface area contributed by atoms with Crippen molar-refractivity contribution in [2.45, 2.75) is 12.7 Å². The molecule has 0 bridgehead atoms. The lowest BCUT2D eigenvalue weighted by atomic mass is 10.2. The molecule has 3 amide bonds. The number of urea groups is 1. The fourth-order valence-electron chi connectivity index (χ4n) is 1.79. The van der Waals surface area contributed by atoms with Crippen molar-refractivity contribution in [2.75, 3.05) is 6.54 Å². The average Bonchev–Trinajstić information content (AvgIpc) is 2.48. The smallest absolute Gasteiger partial charge is 0.329 e. The summed E-state index contributed by atoms with van der Waals surface area (Å²) in [6, 6.07) is 3.52. The van der Waals surface area contributed by atoms with Gasteiger partial charge < -0.3 is 5.32 Å². The van der Waals surface area contributed by atoms with Crippen LogP contribution in [0, 0.1) is 0 Å². The Labute approximate surface area is 141 Å². The number of aromatic nitrogens is 2. The van der Waals surface area contributed by atoms with E-state index in [9.17, 15) is 27.6 Å². The summed E-state index contributed by atoms with van der Waals surface area (Å²) in [4.78, 5) is 39.1. The van der Waals surface area contributed by atoms with Crippen molar-refractivity contribution in [1.82, 2.24) is 20.2 Å². The van der Waals surface area contributed by atoms with Crippen molar-refractivity contribution < 1.29 is 22.8 Å². The number of nitrogens with zero attached hydrogens (tertiary/aromatic N) is 2. The number of rotatable bonds is 3. The third-order valence-corrected chi connectivity index (χ3v) is 3.30. The first-order valence-corrected chi connectivity index (χ1v) is 7.24. The standard InChI is InChI=1S/C13H10BrF3N4O3/c14-7-1-2-9-8(3-7)11(23)21(6-19-9)4-10(22)20-12(24)18-5-13(15,16)17/h1-3,6H,4-5H2,(H2,18,20,22,24). The zero-order chi connectivity index (χ0) is 17.9. The maximum absolute atomic E-state index is 12.2. The summed E-state index contributed by atoms with van der Waals surface area (Å²) >= 11 is 3.21. The van der Waals surface area contributed by atoms with Crippen LogP contribution >= 0.6 is 15.9 Å². The molecule has 0 aliphatic rings. The van der Waals surface area contributed by atoms with E-state index in [4.69, 9.17) is 0 Å². The van der Waals surface area contributed by atoms with Crippen molar-refractivity contribution in [3.63, 3.8) is 0 Å². The van der Waals surface area contributed by atoms with E-state index in [0.717, 1.165) is 10.9 Å². The van der Waals surface area contributed by atoms with E-state index in [1.165, 1.54) is 11.4 Å². The number of fused-ring (bicyclic) bond motifs is 1. The minimum Gasteiger partial charge on any atom is -0.329 e. The van der Waals surface area contributed by atoms with Gasteiger partial charge in [-0.3, -0.25) is 19.5 Å². The molecular weight excluding hydrogens is 397 g/mol. The van der Waals surface area contributed by atoms with Gasteiger partial charge in [0.15, 0.2) is 0 Å². The minimum absolute atomic E-state index is 0.251. The minimum atomic E-state index is -4.59. The number of halogens is 4. The van der Waals surface area contributed by atoms with Gasteiger partial charge in [0.1, 0.15) is 13.1 Å². The molecule has 0 aliphatic heterocycles. The number of hydrogen-bond donors (Lipinski definition) is 2. The van der Waals surface area contributed by atoms with Gasteiger partial charge in [0.25, 0.3) is 5.56 Å². The monoisotopic (exact) mass is 406 g/mol. The zero-order valence-electron chi connectivity index (χ0n) is 11.9. The van der Waals surface area contributed by atoms with Gasteiger partial charge in [0.05, 0.1) is 17.2 Å². The third kappa shape index (κ3) is 4.78. The van der Waals surface area contributed by atoms with Crippen LogP contribution in [0.5, 0.6) is 0 Å². The van der Waals surface area contributed by atoms with Gasteiger partial charge in [0, 0.05) is 4.47 Å². The molecule has 11 heteroatoms. The van der Waals surface area contributed by atoms with Crippen molar-refractivity contribution in [2.24, 2.45) is 0 Å². The number of nitrogens with one attached hydrogen (secondary N) is 2. The normalized spacial score (nSPS) is 11.3. The predicted molar refractivity (Wildman–Crippen MR) is 81.3 cm³/mol. The molecule has 0 unspecified atom stereocenters. The van der Waals surface area contributed by atoms with E-state index >= 15 is 0 Å². The van der Waals surface area contributed by atoms with E-state index in [0.29, 0.717) is 9.99 Å². The van der Waals surface area contributed by atoms with Gasteiger partial charge in [-0.2, -0.15) is 13.2 Å². The molecule has 2 rings (SSSR count). The number of imide groups is 1. The second kappa shape index (κ2) is 6.99. The van der Waals surface area contributed by atoms with Crippen LogP contribution in [0.4, 0.5) is 18.0 Å². The largest absolute Gasteiger partial charge is 0.405 e. The summed E-state index contributed by atoms with van der Waals surface area (Å²) < 4.78 is 37.4. The Kier molecular flexibility index (Phi) is 5.22. The highest BCUT2D eigenvalue weighted by Gasteiger charge is 2.28. The molecule has 0 saturated carbocycles. The highest BCUT2D eigenvalue weighted by Crippen LogP contribution is 2.14. The van der Waals surface area contributed by atoms with Gasteiger partial charge in [-0.25, -0.2) is 9.78 Å². The maximum atomic E-state index is 12.2. The molecule has 1 aromatic carbocycles. The summed E-state index contributed by atoms with van der Waals surface area (Å²) in [5.74, 6) is -0.951. The first-order valence-electron chi connectivity index (χ1n) is 6.45. The number of alkyl halides is 3. The van der Waals surface area contributed by atoms with Crippen molar-refractivity contribution in [3.8, 4) is 0 Å². The van der Waals surface area contributed by atoms with Gasteiger partial charge in [-0.15, -0.1) is 0 Å². The van der Waals surface area contributed by atoms with E-state index in [-0.39, 0.29) is 5.39 Å². The highest BCUT2D eigenvalue weighted by molar-refractivity contribution is 9.10. The molecule has 0 fully saturated rings. The topological polar surface area (TPSA) is 93.1 Å². The molecular formula is C13H10BrF3N4O3. The predicted octanol–water partition coefficient (Wildman–Crippen LogP) is 1.55. The number of amides is 3. The third-order valence-electron chi connectivity index (χ3n) is 2.80. The maximum Gasteiger partial charge on any atom is 0.405 e. The second-order valence-electron chi connectivity index (χ2n) is 4.69. The fourth-order valence-corrected chi connectivity index (χ4v) is 2.15. The molecule has 24 heavy (non-hydrogen) atoms. The molecule has 2 N–H and O–H groups in total. The molecule has 0 aliphatic carbocycles. The van der Waals surface area contributed by atoms with E-state index < -0.39 is 36.8 Å². The quantitative estimate of drug-likeness (QED) is 0.808. The average molecular weight is 407 g/mol. The van der Waals surface area contributed by atoms with Gasteiger partial charge in [-0.1, -0.05) is 15.9 Å². The first-order chi connectivity index (χ1) is 11.2. The van der Waals surface area contributed by atoms with Crippen molar-refractivity contribution in [3.05, 3.63) is 39.4 Å². The lowest BCUT2D eigenvalue weighted by Crippen LogP contribution is -2.45. The SMILES string of the molecule is O=C(Cn1cnc2ccc(Br)cc2c1=O)NC(=O)NCC(F)(F)F. The number of benzene rings is 1. The van der Waals surface area contributed by atoms with Crippen LogP contribution in [-0.4, -0.2) is 34.2 Å². The Morgan fingerprint density at radius 2 is 2.00 bits per heavy atom. The van der Waals surface area contributed by atoms with Gasteiger partial charge in [-0.05, 0) is 18.2 Å². The molecule has 0 spiro atoms. The Hall–Kier alpha value is -2.43. The molecule has 0 atom stereocenters. The van der Waals surface area contributed by atoms with Crippen molar-refractivity contribution in [1.29, 1.82) is 0 Å². The molecule has 0 radical (unpaired) electrons. The Balaban J connectivity index is 2.07. The van der Waals surface area contributed by atoms with Crippen LogP contribution in [0.3, 0.4) is 0 Å². The highest BCUT2D eigenvalue weighted by atomic mass is 79.9. The van der Waals surface area contributed by atoms with Crippen molar-refractivity contribution >= 4 is 38.8 Å². The fraction of sp³-hybridized carbons (Fsp3) is 0.231. The van der Waals surface area contributed by atoms with E-state index in [1.54, 1.807) is 17.4 Å². The van der Waals surface area contributed by atoms with Gasteiger partial charge >= 0.3 is 12.2 Å². The summed E-state index contributed by atoms with van der Waals surface area (Å²) in [7, 11) is 0. The Bertz CT molecular complexity index is 850. The van der Waals surface area contributed by atoms with E-state index in [1.807, 2.05) is 0 Å². The van der Waals surface area contributed by atoms with E-state index in [2.05, 4.69) is 20.9 Å². The molecule has 2 aromatic rings. The van der Waals surface area contributed by atoms with Gasteiger partial charge in [0.2, 0.25) is 5.91 Å². The van der Waals surface area contributed by atoms with Crippen LogP contribution in [-0.2, 0) is 11.3 Å². The molecule has 7 nitrogen and oxygen atoms in total. The van der Waals surface area contributed by atoms with Crippen LogP contribution in [0.2, 0.25) is 0 Å². The molecule has 1 heterocycles. The zero-order valence-corrected chi connectivity index (χ0v) is 13.4. The summed E-state index contributed by atoms with van der Waals surface area (Å²) in [5.41, 5.74) is -0.102. The first kappa shape index (κ1) is 17.9. The van der Waals surface area contributed by atoms with Crippen LogP contribution in [0.25, 0.3) is 10.9 Å². The molecule has 0 saturated heterocycles. The van der Waals surface area contributed by atoms with Crippen LogP contribution in [0.15, 0.2) is 33.8 Å². The summed E-state index contributed by atoms with van der Waals surface area (Å²) in [6.45, 7) is -2.13. The van der Waals surface area contributed by atoms with Crippen LogP contribution < -0.4 is 16.2 Å². The number of hydrogen-bond acceptors (Lipinski definition) is 4. The summed E-state index contributed by atoms with van der Waals surface area (Å²) in [5, 5.41) is 3.44. The Morgan fingerprint density at radius 3 is 2.67 bits per heavy atom. The number of carbonyl (C=O) groups is 2.